The predicted molar refractivity (Wildman–Crippen MR) is 65.9 cm³/mol. The summed E-state index contributed by atoms with van der Waals surface area (Å²) >= 11 is 6.07. The summed E-state index contributed by atoms with van der Waals surface area (Å²) in [4.78, 5) is 8.22. The van der Waals surface area contributed by atoms with Crippen molar-refractivity contribution in [2.75, 3.05) is 6.61 Å². The molecule has 2 heterocycles. The van der Waals surface area contributed by atoms with Gasteiger partial charge < -0.3 is 9.30 Å². The molecule has 0 aliphatic carbocycles. The van der Waals surface area contributed by atoms with Gasteiger partial charge in [0.15, 0.2) is 0 Å². The highest BCUT2D eigenvalue weighted by Gasteiger charge is 2.05. The highest BCUT2D eigenvalue weighted by Crippen LogP contribution is 2.15. The molecule has 0 bridgehead atoms. The Balaban J connectivity index is 2.13. The number of pyridine rings is 1. The average Bonchev–Trinajstić information content (AvgIpc) is 2.77. The highest BCUT2D eigenvalue weighted by molar-refractivity contribution is 6.31. The van der Waals surface area contributed by atoms with E-state index < -0.39 is 0 Å². The third-order valence-electron chi connectivity index (χ3n) is 2.43. The van der Waals surface area contributed by atoms with Gasteiger partial charge in [-0.3, -0.25) is 4.98 Å². The van der Waals surface area contributed by atoms with Crippen molar-refractivity contribution in [2.45, 2.75) is 20.1 Å². The number of nitrogens with zero attached hydrogens (tertiary/aromatic N) is 3. The van der Waals surface area contributed by atoms with E-state index in [4.69, 9.17) is 16.3 Å². The maximum Gasteiger partial charge on any atom is 0.135 e. The minimum absolute atomic E-state index is 0.520. The standard InChI is InChI=1S/C12H14ClN3O/c1-2-17-9-12-15-5-6-16(12)8-10-3-4-14-7-11(10)13/h3-7H,2,8-9H2,1H3. The van der Waals surface area contributed by atoms with Crippen LogP contribution in [-0.4, -0.2) is 21.1 Å². The van der Waals surface area contributed by atoms with Gasteiger partial charge in [-0.2, -0.15) is 0 Å². The number of hydrogen-bond donors (Lipinski definition) is 0. The number of rotatable bonds is 5. The molecule has 0 saturated carbocycles. The Labute approximate surface area is 105 Å². The maximum absolute atomic E-state index is 6.07. The zero-order valence-electron chi connectivity index (χ0n) is 9.64. The molecule has 0 saturated heterocycles. The number of hydrogen-bond acceptors (Lipinski definition) is 3. The third-order valence-corrected chi connectivity index (χ3v) is 2.77. The minimum atomic E-state index is 0.520. The first-order valence-corrected chi connectivity index (χ1v) is 5.85. The summed E-state index contributed by atoms with van der Waals surface area (Å²) in [5, 5.41) is 0.670. The number of ether oxygens (including phenoxy) is 1. The average molecular weight is 252 g/mol. The van der Waals surface area contributed by atoms with Crippen molar-refractivity contribution in [2.24, 2.45) is 0 Å². The first-order chi connectivity index (χ1) is 8.31. The Bertz CT molecular complexity index is 484. The van der Waals surface area contributed by atoms with Crippen LogP contribution in [0.25, 0.3) is 0 Å². The second-order valence-corrected chi connectivity index (χ2v) is 3.98. The summed E-state index contributed by atoms with van der Waals surface area (Å²) in [6.07, 6.45) is 7.07. The molecule has 0 fully saturated rings. The molecule has 2 aromatic heterocycles. The minimum Gasteiger partial charge on any atom is -0.374 e. The van der Waals surface area contributed by atoms with Crippen molar-refractivity contribution in [3.05, 3.63) is 47.3 Å². The van der Waals surface area contributed by atoms with E-state index in [0.29, 0.717) is 24.8 Å². The van der Waals surface area contributed by atoms with E-state index in [-0.39, 0.29) is 0 Å². The van der Waals surface area contributed by atoms with Crippen molar-refractivity contribution in [3.63, 3.8) is 0 Å². The number of imidazole rings is 1. The molecule has 0 aliphatic heterocycles. The van der Waals surface area contributed by atoms with Gasteiger partial charge in [0.1, 0.15) is 12.4 Å². The van der Waals surface area contributed by atoms with Crippen LogP contribution >= 0.6 is 11.6 Å². The fourth-order valence-electron chi connectivity index (χ4n) is 1.53. The van der Waals surface area contributed by atoms with Gasteiger partial charge in [0.25, 0.3) is 0 Å². The number of halogens is 1. The molecule has 0 aliphatic rings. The lowest BCUT2D eigenvalue weighted by Gasteiger charge is -2.08. The summed E-state index contributed by atoms with van der Waals surface area (Å²) in [5.74, 6) is 0.903. The molecular formula is C12H14ClN3O. The SMILES string of the molecule is CCOCc1nccn1Cc1ccncc1Cl. The van der Waals surface area contributed by atoms with Gasteiger partial charge in [0, 0.05) is 31.4 Å². The Kier molecular flexibility index (Phi) is 4.12. The monoisotopic (exact) mass is 251 g/mol. The quantitative estimate of drug-likeness (QED) is 0.820. The van der Waals surface area contributed by atoms with E-state index >= 15 is 0 Å². The lowest BCUT2D eigenvalue weighted by molar-refractivity contribution is 0.126. The zero-order valence-corrected chi connectivity index (χ0v) is 10.4. The normalized spacial score (nSPS) is 10.7. The van der Waals surface area contributed by atoms with E-state index in [0.717, 1.165) is 11.4 Å². The topological polar surface area (TPSA) is 39.9 Å². The fraction of sp³-hybridized carbons (Fsp3) is 0.333. The summed E-state index contributed by atoms with van der Waals surface area (Å²) in [5.41, 5.74) is 1.03. The number of aromatic nitrogens is 3. The maximum atomic E-state index is 6.07. The highest BCUT2D eigenvalue weighted by atomic mass is 35.5. The van der Waals surface area contributed by atoms with Gasteiger partial charge in [-0.25, -0.2) is 4.98 Å². The summed E-state index contributed by atoms with van der Waals surface area (Å²) in [6.45, 7) is 3.85. The lowest BCUT2D eigenvalue weighted by Crippen LogP contribution is -2.06. The molecule has 0 amide bonds. The van der Waals surface area contributed by atoms with Crippen LogP contribution in [0.2, 0.25) is 5.02 Å². The second-order valence-electron chi connectivity index (χ2n) is 3.58. The van der Waals surface area contributed by atoms with Crippen molar-refractivity contribution < 1.29 is 4.74 Å². The third kappa shape index (κ3) is 3.05. The second kappa shape index (κ2) is 5.80. The van der Waals surface area contributed by atoms with Gasteiger partial charge in [0.2, 0.25) is 0 Å². The lowest BCUT2D eigenvalue weighted by atomic mass is 10.2. The summed E-state index contributed by atoms with van der Waals surface area (Å²) in [7, 11) is 0. The molecule has 17 heavy (non-hydrogen) atoms. The molecule has 0 N–H and O–H groups in total. The van der Waals surface area contributed by atoms with E-state index in [9.17, 15) is 0 Å². The zero-order chi connectivity index (χ0) is 12.1. The van der Waals surface area contributed by atoms with Crippen molar-refractivity contribution >= 4 is 11.6 Å². The van der Waals surface area contributed by atoms with Gasteiger partial charge in [-0.1, -0.05) is 11.6 Å². The summed E-state index contributed by atoms with van der Waals surface area (Å²) < 4.78 is 7.38. The van der Waals surface area contributed by atoms with Crippen LogP contribution < -0.4 is 0 Å². The van der Waals surface area contributed by atoms with Crippen molar-refractivity contribution in [3.8, 4) is 0 Å². The van der Waals surface area contributed by atoms with E-state index in [1.165, 1.54) is 0 Å². The molecule has 2 aromatic rings. The molecular weight excluding hydrogens is 238 g/mol. The van der Waals surface area contributed by atoms with Crippen molar-refractivity contribution in [1.82, 2.24) is 14.5 Å². The Morgan fingerprint density at radius 1 is 1.41 bits per heavy atom. The van der Waals surface area contributed by atoms with Gasteiger partial charge in [-0.15, -0.1) is 0 Å². The summed E-state index contributed by atoms with van der Waals surface area (Å²) in [6, 6.07) is 1.91. The van der Waals surface area contributed by atoms with E-state index in [1.54, 1.807) is 18.6 Å². The van der Waals surface area contributed by atoms with Gasteiger partial charge >= 0.3 is 0 Å². The van der Waals surface area contributed by atoms with Crippen molar-refractivity contribution in [1.29, 1.82) is 0 Å². The van der Waals surface area contributed by atoms with Crippen LogP contribution in [0.3, 0.4) is 0 Å². The first-order valence-electron chi connectivity index (χ1n) is 5.47. The first kappa shape index (κ1) is 12.1. The van der Waals surface area contributed by atoms with Crippen LogP contribution in [0, 0.1) is 0 Å². The van der Waals surface area contributed by atoms with Crippen LogP contribution in [-0.2, 0) is 17.9 Å². The fourth-order valence-corrected chi connectivity index (χ4v) is 1.71. The molecule has 4 nitrogen and oxygen atoms in total. The molecule has 90 valence electrons. The molecule has 0 unspecified atom stereocenters. The van der Waals surface area contributed by atoms with Crippen LogP contribution in [0.4, 0.5) is 0 Å². The largest absolute Gasteiger partial charge is 0.374 e. The smallest absolute Gasteiger partial charge is 0.135 e. The molecule has 2 rings (SSSR count). The van der Waals surface area contributed by atoms with Gasteiger partial charge in [0.05, 0.1) is 11.6 Å². The Hall–Kier alpha value is -1.39. The van der Waals surface area contributed by atoms with E-state index in [2.05, 4.69) is 9.97 Å². The van der Waals surface area contributed by atoms with Crippen LogP contribution in [0.1, 0.15) is 18.3 Å². The van der Waals surface area contributed by atoms with Crippen LogP contribution in [0.15, 0.2) is 30.9 Å². The Morgan fingerprint density at radius 2 is 2.29 bits per heavy atom. The van der Waals surface area contributed by atoms with E-state index in [1.807, 2.05) is 23.8 Å². The Morgan fingerprint density at radius 3 is 3.06 bits per heavy atom. The molecule has 0 atom stereocenters. The van der Waals surface area contributed by atoms with Gasteiger partial charge in [-0.05, 0) is 18.6 Å². The molecule has 5 heteroatoms. The molecule has 0 spiro atoms. The van der Waals surface area contributed by atoms with Crippen LogP contribution in [0.5, 0.6) is 0 Å². The molecule has 0 radical (unpaired) electrons. The molecule has 0 aromatic carbocycles. The predicted octanol–water partition coefficient (Wildman–Crippen LogP) is 2.52.